The number of benzene rings is 1. The van der Waals surface area contributed by atoms with Gasteiger partial charge in [0, 0.05) is 11.0 Å². The van der Waals surface area contributed by atoms with Crippen LogP contribution in [0, 0.1) is 5.92 Å². The predicted molar refractivity (Wildman–Crippen MR) is 85.3 cm³/mol. The zero-order valence-corrected chi connectivity index (χ0v) is 14.0. The highest BCUT2D eigenvalue weighted by atomic mass is 79.9. The third-order valence-corrected chi connectivity index (χ3v) is 4.57. The molecule has 1 aromatic carbocycles. The SMILES string of the molecule is CCCCC(CC)CNCc1cc2c(cc1Br)OCO2. The minimum atomic E-state index is 0.327. The van der Waals surface area contributed by atoms with Crippen LogP contribution in [-0.4, -0.2) is 13.3 Å². The second kappa shape index (κ2) is 7.89. The Bertz CT molecular complexity index is 437. The first-order valence-electron chi connectivity index (χ1n) is 7.53. The molecule has 1 aromatic rings. The lowest BCUT2D eigenvalue weighted by molar-refractivity contribution is 0.174. The Hall–Kier alpha value is -0.740. The van der Waals surface area contributed by atoms with Crippen molar-refractivity contribution in [2.45, 2.75) is 46.1 Å². The van der Waals surface area contributed by atoms with Crippen LogP contribution in [0.2, 0.25) is 0 Å². The zero-order valence-electron chi connectivity index (χ0n) is 12.4. The minimum Gasteiger partial charge on any atom is -0.454 e. The molecule has 0 radical (unpaired) electrons. The van der Waals surface area contributed by atoms with Crippen molar-refractivity contribution in [2.24, 2.45) is 5.92 Å². The van der Waals surface area contributed by atoms with E-state index in [0.29, 0.717) is 6.79 Å². The lowest BCUT2D eigenvalue weighted by atomic mass is 9.99. The van der Waals surface area contributed by atoms with Gasteiger partial charge in [0.15, 0.2) is 11.5 Å². The maximum Gasteiger partial charge on any atom is 0.231 e. The van der Waals surface area contributed by atoms with Crippen LogP contribution in [0.4, 0.5) is 0 Å². The monoisotopic (exact) mass is 341 g/mol. The molecule has 1 N–H and O–H groups in total. The summed E-state index contributed by atoms with van der Waals surface area (Å²) in [6.07, 6.45) is 5.18. The van der Waals surface area contributed by atoms with Crippen molar-refractivity contribution < 1.29 is 9.47 Å². The van der Waals surface area contributed by atoms with E-state index in [4.69, 9.17) is 9.47 Å². The number of unbranched alkanes of at least 4 members (excludes halogenated alkanes) is 1. The summed E-state index contributed by atoms with van der Waals surface area (Å²) in [6, 6.07) is 4.06. The normalized spacial score (nSPS) is 14.6. The van der Waals surface area contributed by atoms with Gasteiger partial charge in [-0.1, -0.05) is 49.0 Å². The van der Waals surface area contributed by atoms with Crippen LogP contribution in [0.3, 0.4) is 0 Å². The van der Waals surface area contributed by atoms with Gasteiger partial charge in [-0.05, 0) is 36.6 Å². The molecule has 20 heavy (non-hydrogen) atoms. The molecule has 0 aliphatic carbocycles. The second-order valence-corrected chi connectivity index (χ2v) is 6.20. The van der Waals surface area contributed by atoms with Crippen molar-refractivity contribution in [3.05, 3.63) is 22.2 Å². The summed E-state index contributed by atoms with van der Waals surface area (Å²) in [5.74, 6) is 2.46. The molecule has 112 valence electrons. The Labute approximate surface area is 130 Å². The van der Waals surface area contributed by atoms with Crippen LogP contribution in [0.5, 0.6) is 11.5 Å². The molecule has 1 aliphatic rings. The standard InChI is InChI=1S/C16H24BrNO2/c1-3-5-6-12(4-2)9-18-10-13-7-15-16(8-14(13)17)20-11-19-15/h7-8,12,18H,3-6,9-11H2,1-2H3. The number of hydrogen-bond donors (Lipinski definition) is 1. The molecule has 0 spiro atoms. The van der Waals surface area contributed by atoms with E-state index < -0.39 is 0 Å². The van der Waals surface area contributed by atoms with Gasteiger partial charge in [-0.15, -0.1) is 0 Å². The van der Waals surface area contributed by atoms with Crippen molar-refractivity contribution in [3.8, 4) is 11.5 Å². The molecular weight excluding hydrogens is 318 g/mol. The molecule has 1 heterocycles. The summed E-state index contributed by atoms with van der Waals surface area (Å²) in [4.78, 5) is 0. The van der Waals surface area contributed by atoms with Crippen molar-refractivity contribution in [1.29, 1.82) is 0 Å². The van der Waals surface area contributed by atoms with E-state index in [0.717, 1.165) is 35.0 Å². The van der Waals surface area contributed by atoms with Crippen LogP contribution >= 0.6 is 15.9 Å². The Morgan fingerprint density at radius 3 is 2.70 bits per heavy atom. The average Bonchev–Trinajstić information content (AvgIpc) is 2.89. The van der Waals surface area contributed by atoms with Crippen molar-refractivity contribution in [2.75, 3.05) is 13.3 Å². The summed E-state index contributed by atoms with van der Waals surface area (Å²) in [6.45, 7) is 6.80. The largest absolute Gasteiger partial charge is 0.454 e. The summed E-state index contributed by atoms with van der Waals surface area (Å²) >= 11 is 3.60. The Morgan fingerprint density at radius 2 is 2.00 bits per heavy atom. The van der Waals surface area contributed by atoms with Crippen molar-refractivity contribution >= 4 is 15.9 Å². The maximum atomic E-state index is 5.42. The molecule has 1 aliphatic heterocycles. The Morgan fingerprint density at radius 1 is 1.25 bits per heavy atom. The highest BCUT2D eigenvalue weighted by Gasteiger charge is 2.16. The van der Waals surface area contributed by atoms with Gasteiger partial charge in [0.05, 0.1) is 0 Å². The fourth-order valence-electron chi connectivity index (χ4n) is 2.45. The molecular formula is C16H24BrNO2. The Balaban J connectivity index is 1.84. The molecule has 1 unspecified atom stereocenters. The fraction of sp³-hybridized carbons (Fsp3) is 0.625. The van der Waals surface area contributed by atoms with Gasteiger partial charge in [0.1, 0.15) is 0 Å². The maximum absolute atomic E-state index is 5.42. The van der Waals surface area contributed by atoms with Crippen LogP contribution in [0.25, 0.3) is 0 Å². The van der Waals surface area contributed by atoms with Gasteiger partial charge in [-0.2, -0.15) is 0 Å². The third-order valence-electron chi connectivity index (χ3n) is 3.83. The molecule has 4 heteroatoms. The van der Waals surface area contributed by atoms with E-state index in [2.05, 4.69) is 41.2 Å². The van der Waals surface area contributed by atoms with E-state index in [1.54, 1.807) is 0 Å². The topological polar surface area (TPSA) is 30.5 Å². The zero-order chi connectivity index (χ0) is 14.4. The number of rotatable bonds is 8. The number of halogens is 1. The smallest absolute Gasteiger partial charge is 0.231 e. The van der Waals surface area contributed by atoms with E-state index in [1.807, 2.05) is 6.07 Å². The minimum absolute atomic E-state index is 0.327. The van der Waals surface area contributed by atoms with Crippen LogP contribution < -0.4 is 14.8 Å². The number of fused-ring (bicyclic) bond motifs is 1. The van der Waals surface area contributed by atoms with Crippen LogP contribution in [0.15, 0.2) is 16.6 Å². The van der Waals surface area contributed by atoms with E-state index in [1.165, 1.54) is 31.2 Å². The molecule has 2 rings (SSSR count). The highest BCUT2D eigenvalue weighted by molar-refractivity contribution is 9.10. The number of ether oxygens (including phenoxy) is 2. The first-order valence-corrected chi connectivity index (χ1v) is 8.32. The summed E-state index contributed by atoms with van der Waals surface area (Å²) < 4.78 is 11.9. The quantitative estimate of drug-likeness (QED) is 0.755. The van der Waals surface area contributed by atoms with Crippen LogP contribution in [0.1, 0.15) is 45.1 Å². The molecule has 0 saturated carbocycles. The third kappa shape index (κ3) is 4.13. The highest BCUT2D eigenvalue weighted by Crippen LogP contribution is 2.36. The van der Waals surface area contributed by atoms with E-state index >= 15 is 0 Å². The van der Waals surface area contributed by atoms with Gasteiger partial charge in [0.25, 0.3) is 0 Å². The Kier molecular flexibility index (Phi) is 6.17. The molecule has 0 bridgehead atoms. The lowest BCUT2D eigenvalue weighted by Gasteiger charge is -2.16. The average molecular weight is 342 g/mol. The molecule has 0 fully saturated rings. The number of hydrogen-bond acceptors (Lipinski definition) is 3. The molecule has 0 amide bonds. The van der Waals surface area contributed by atoms with Gasteiger partial charge in [-0.25, -0.2) is 0 Å². The van der Waals surface area contributed by atoms with Gasteiger partial charge in [0.2, 0.25) is 6.79 Å². The first kappa shape index (κ1) is 15.6. The summed E-state index contributed by atoms with van der Waals surface area (Å²) in [7, 11) is 0. The number of nitrogens with one attached hydrogen (secondary N) is 1. The van der Waals surface area contributed by atoms with Gasteiger partial charge in [-0.3, -0.25) is 0 Å². The van der Waals surface area contributed by atoms with Crippen molar-refractivity contribution in [3.63, 3.8) is 0 Å². The molecule has 3 nitrogen and oxygen atoms in total. The van der Waals surface area contributed by atoms with E-state index in [-0.39, 0.29) is 0 Å². The fourth-order valence-corrected chi connectivity index (χ4v) is 2.91. The van der Waals surface area contributed by atoms with Gasteiger partial charge >= 0.3 is 0 Å². The predicted octanol–water partition coefficient (Wildman–Crippen LogP) is 4.48. The summed E-state index contributed by atoms with van der Waals surface area (Å²) in [5.41, 5.74) is 1.22. The molecule has 1 atom stereocenters. The molecule has 0 saturated heterocycles. The van der Waals surface area contributed by atoms with Gasteiger partial charge < -0.3 is 14.8 Å². The molecule has 0 aromatic heterocycles. The first-order chi connectivity index (χ1) is 9.74. The van der Waals surface area contributed by atoms with E-state index in [9.17, 15) is 0 Å². The lowest BCUT2D eigenvalue weighted by Crippen LogP contribution is -2.22. The van der Waals surface area contributed by atoms with Crippen LogP contribution in [-0.2, 0) is 6.54 Å². The van der Waals surface area contributed by atoms with Crippen molar-refractivity contribution in [1.82, 2.24) is 5.32 Å². The second-order valence-electron chi connectivity index (χ2n) is 5.34. The summed E-state index contributed by atoms with van der Waals surface area (Å²) in [5, 5.41) is 3.57.